The van der Waals surface area contributed by atoms with Crippen molar-refractivity contribution in [3.05, 3.63) is 22.6 Å². The third kappa shape index (κ3) is 2.75. The lowest BCUT2D eigenvalue weighted by atomic mass is 9.75. The van der Waals surface area contributed by atoms with Crippen LogP contribution in [0.1, 0.15) is 74.1 Å². The van der Waals surface area contributed by atoms with Crippen LogP contribution in [0.2, 0.25) is 0 Å². The standard InChI is InChI=1S/C16H25NO3/c1-6-9(2)17-15(19)14-10(3)13-11(18)7-16(4,5)8-12(13)20-14/h9,11,18H,6-8H2,1-5H3,(H,17,19). The zero-order valence-electron chi connectivity index (χ0n) is 13.0. The number of aliphatic hydroxyl groups is 1. The largest absolute Gasteiger partial charge is 0.455 e. The second-order valence-corrected chi connectivity index (χ2v) is 6.74. The van der Waals surface area contributed by atoms with Crippen LogP contribution in [0.4, 0.5) is 0 Å². The first kappa shape index (κ1) is 15.1. The van der Waals surface area contributed by atoms with Gasteiger partial charge in [0.05, 0.1) is 6.10 Å². The molecule has 0 saturated heterocycles. The molecule has 0 aromatic carbocycles. The fraction of sp³-hybridized carbons (Fsp3) is 0.688. The molecule has 0 saturated carbocycles. The van der Waals surface area contributed by atoms with Crippen LogP contribution in [0.5, 0.6) is 0 Å². The Hall–Kier alpha value is -1.29. The fourth-order valence-electron chi connectivity index (χ4n) is 2.89. The number of hydrogen-bond acceptors (Lipinski definition) is 3. The Morgan fingerprint density at radius 2 is 2.20 bits per heavy atom. The van der Waals surface area contributed by atoms with Gasteiger partial charge >= 0.3 is 0 Å². The van der Waals surface area contributed by atoms with Crippen LogP contribution >= 0.6 is 0 Å². The van der Waals surface area contributed by atoms with E-state index in [-0.39, 0.29) is 17.4 Å². The predicted octanol–water partition coefficient (Wildman–Crippen LogP) is 3.12. The molecule has 4 heteroatoms. The molecule has 0 aliphatic heterocycles. The van der Waals surface area contributed by atoms with Gasteiger partial charge in [0.1, 0.15) is 5.76 Å². The maximum absolute atomic E-state index is 12.2. The van der Waals surface area contributed by atoms with Crippen LogP contribution < -0.4 is 5.32 Å². The molecular weight excluding hydrogens is 254 g/mol. The second kappa shape index (κ2) is 5.24. The molecule has 4 nitrogen and oxygen atoms in total. The molecule has 112 valence electrons. The third-order valence-electron chi connectivity index (χ3n) is 4.18. The van der Waals surface area contributed by atoms with Gasteiger partial charge in [-0.25, -0.2) is 0 Å². The van der Waals surface area contributed by atoms with E-state index in [9.17, 15) is 9.90 Å². The summed E-state index contributed by atoms with van der Waals surface area (Å²) >= 11 is 0. The van der Waals surface area contributed by atoms with Crippen molar-refractivity contribution in [1.82, 2.24) is 5.32 Å². The maximum Gasteiger partial charge on any atom is 0.287 e. The molecule has 0 fully saturated rings. The van der Waals surface area contributed by atoms with Crippen LogP contribution in [0.15, 0.2) is 4.42 Å². The van der Waals surface area contributed by atoms with Crippen molar-refractivity contribution in [1.29, 1.82) is 0 Å². The lowest BCUT2D eigenvalue weighted by Crippen LogP contribution is -2.32. The van der Waals surface area contributed by atoms with Crippen molar-refractivity contribution >= 4 is 5.91 Å². The first-order valence-corrected chi connectivity index (χ1v) is 7.36. The number of amides is 1. The Morgan fingerprint density at radius 3 is 2.80 bits per heavy atom. The minimum atomic E-state index is -0.539. The minimum absolute atomic E-state index is 0.00116. The van der Waals surface area contributed by atoms with E-state index in [0.717, 1.165) is 29.7 Å². The van der Waals surface area contributed by atoms with Crippen LogP contribution in [0, 0.1) is 12.3 Å². The molecule has 2 N–H and O–H groups in total. The van der Waals surface area contributed by atoms with Crippen molar-refractivity contribution in [2.45, 2.75) is 66.0 Å². The van der Waals surface area contributed by atoms with Crippen LogP contribution in [0.25, 0.3) is 0 Å². The van der Waals surface area contributed by atoms with Crippen molar-refractivity contribution in [2.75, 3.05) is 0 Å². The van der Waals surface area contributed by atoms with E-state index in [2.05, 4.69) is 19.2 Å². The molecule has 0 radical (unpaired) electrons. The summed E-state index contributed by atoms with van der Waals surface area (Å²) < 4.78 is 5.78. The van der Waals surface area contributed by atoms with Gasteiger partial charge < -0.3 is 14.8 Å². The molecule has 2 atom stereocenters. The SMILES string of the molecule is CCC(C)NC(=O)c1oc2c(c1C)C(O)CC(C)(C)C2. The predicted molar refractivity (Wildman–Crippen MR) is 77.7 cm³/mol. The van der Waals surface area contributed by atoms with Crippen molar-refractivity contribution in [2.24, 2.45) is 5.41 Å². The molecule has 1 amide bonds. The highest BCUT2D eigenvalue weighted by Crippen LogP contribution is 2.43. The van der Waals surface area contributed by atoms with E-state index in [4.69, 9.17) is 4.42 Å². The minimum Gasteiger partial charge on any atom is -0.455 e. The number of nitrogens with one attached hydrogen (secondary N) is 1. The average molecular weight is 279 g/mol. The van der Waals surface area contributed by atoms with Crippen LogP contribution in [0.3, 0.4) is 0 Å². The molecule has 0 spiro atoms. The van der Waals surface area contributed by atoms with E-state index in [1.54, 1.807) is 0 Å². The van der Waals surface area contributed by atoms with Gasteiger partial charge in [0.2, 0.25) is 0 Å². The number of carbonyl (C=O) groups excluding carboxylic acids is 1. The maximum atomic E-state index is 12.2. The molecule has 0 bridgehead atoms. The van der Waals surface area contributed by atoms with Gasteiger partial charge in [-0.05, 0) is 32.1 Å². The molecule has 2 rings (SSSR count). The number of furan rings is 1. The molecule has 1 aliphatic rings. The topological polar surface area (TPSA) is 62.5 Å². The molecule has 1 aromatic heterocycles. The monoisotopic (exact) mass is 279 g/mol. The summed E-state index contributed by atoms with van der Waals surface area (Å²) in [5, 5.41) is 13.2. The Kier molecular flexibility index (Phi) is 3.96. The van der Waals surface area contributed by atoms with E-state index in [1.165, 1.54) is 0 Å². The number of rotatable bonds is 3. The van der Waals surface area contributed by atoms with E-state index in [0.29, 0.717) is 12.2 Å². The third-order valence-corrected chi connectivity index (χ3v) is 4.18. The zero-order chi connectivity index (χ0) is 15.1. The van der Waals surface area contributed by atoms with E-state index >= 15 is 0 Å². The Bertz CT molecular complexity index is 516. The quantitative estimate of drug-likeness (QED) is 0.893. The summed E-state index contributed by atoms with van der Waals surface area (Å²) in [7, 11) is 0. The van der Waals surface area contributed by atoms with Gasteiger partial charge in [0.15, 0.2) is 5.76 Å². The van der Waals surface area contributed by atoms with Gasteiger partial charge in [-0.2, -0.15) is 0 Å². The number of aliphatic hydroxyl groups excluding tert-OH is 1. The van der Waals surface area contributed by atoms with Gasteiger partial charge in [-0.3, -0.25) is 4.79 Å². The lowest BCUT2D eigenvalue weighted by molar-refractivity contribution is 0.0876. The number of fused-ring (bicyclic) bond motifs is 1. The highest BCUT2D eigenvalue weighted by Gasteiger charge is 2.37. The summed E-state index contributed by atoms with van der Waals surface area (Å²) in [6.07, 6.45) is 1.80. The molecule has 1 heterocycles. The molecule has 1 aliphatic carbocycles. The van der Waals surface area contributed by atoms with Crippen molar-refractivity contribution < 1.29 is 14.3 Å². The van der Waals surface area contributed by atoms with Gasteiger partial charge in [-0.1, -0.05) is 20.8 Å². The van der Waals surface area contributed by atoms with Crippen LogP contribution in [-0.4, -0.2) is 17.1 Å². The van der Waals surface area contributed by atoms with Gasteiger partial charge in [0.25, 0.3) is 5.91 Å². The summed E-state index contributed by atoms with van der Waals surface area (Å²) in [5.41, 5.74) is 1.60. The van der Waals surface area contributed by atoms with E-state index in [1.807, 2.05) is 20.8 Å². The fourth-order valence-corrected chi connectivity index (χ4v) is 2.89. The van der Waals surface area contributed by atoms with Gasteiger partial charge in [0, 0.05) is 23.6 Å². The number of carbonyl (C=O) groups is 1. The summed E-state index contributed by atoms with van der Waals surface area (Å²) in [4.78, 5) is 12.2. The highest BCUT2D eigenvalue weighted by atomic mass is 16.4. The number of hydrogen-bond donors (Lipinski definition) is 2. The Labute approximate surface area is 120 Å². The molecule has 20 heavy (non-hydrogen) atoms. The second-order valence-electron chi connectivity index (χ2n) is 6.74. The molecule has 2 unspecified atom stereocenters. The normalized spacial score (nSPS) is 22.2. The zero-order valence-corrected chi connectivity index (χ0v) is 13.0. The Morgan fingerprint density at radius 1 is 1.55 bits per heavy atom. The van der Waals surface area contributed by atoms with Crippen molar-refractivity contribution in [3.8, 4) is 0 Å². The highest BCUT2D eigenvalue weighted by molar-refractivity contribution is 5.93. The van der Waals surface area contributed by atoms with E-state index < -0.39 is 6.10 Å². The van der Waals surface area contributed by atoms with Crippen molar-refractivity contribution in [3.63, 3.8) is 0 Å². The summed E-state index contributed by atoms with van der Waals surface area (Å²) in [6, 6.07) is 0.116. The first-order valence-electron chi connectivity index (χ1n) is 7.36. The van der Waals surface area contributed by atoms with Crippen LogP contribution in [-0.2, 0) is 6.42 Å². The molecular formula is C16H25NO3. The smallest absolute Gasteiger partial charge is 0.287 e. The first-order chi connectivity index (χ1) is 9.25. The summed E-state index contributed by atoms with van der Waals surface area (Å²) in [6.45, 7) is 10.1. The Balaban J connectivity index is 2.33. The van der Waals surface area contributed by atoms with Gasteiger partial charge in [-0.15, -0.1) is 0 Å². The molecule has 1 aromatic rings. The summed E-state index contributed by atoms with van der Waals surface area (Å²) in [5.74, 6) is 0.934. The lowest BCUT2D eigenvalue weighted by Gasteiger charge is -2.31. The average Bonchev–Trinajstić information content (AvgIpc) is 2.64.